The first-order valence-corrected chi connectivity index (χ1v) is 7.91. The molecule has 2 unspecified atom stereocenters. The van der Waals surface area contributed by atoms with Gasteiger partial charge in [0.2, 0.25) is 0 Å². The van der Waals surface area contributed by atoms with Crippen molar-refractivity contribution in [2.75, 3.05) is 0 Å². The Hall–Kier alpha value is -3.09. The van der Waals surface area contributed by atoms with Gasteiger partial charge in [0, 0.05) is 28.5 Å². The van der Waals surface area contributed by atoms with Gasteiger partial charge >= 0.3 is 0 Å². The van der Waals surface area contributed by atoms with Gasteiger partial charge in [0.15, 0.2) is 17.7 Å². The molecule has 2 atom stereocenters. The second-order valence-corrected chi connectivity index (χ2v) is 6.15. The number of fused-ring (bicyclic) bond motifs is 3. The molecule has 0 N–H and O–H groups in total. The first kappa shape index (κ1) is 16.4. The van der Waals surface area contributed by atoms with Crippen LogP contribution >= 0.6 is 0 Å². The molecule has 0 radical (unpaired) electrons. The third-order valence-electron chi connectivity index (χ3n) is 4.63. The lowest BCUT2D eigenvalue weighted by Gasteiger charge is -2.30. The maximum atomic E-state index is 14.2. The van der Waals surface area contributed by atoms with Crippen molar-refractivity contribution in [3.63, 3.8) is 0 Å². The number of benzene rings is 3. The highest BCUT2D eigenvalue weighted by atomic mass is 19.2. The van der Waals surface area contributed by atoms with Gasteiger partial charge in [0.05, 0.1) is 0 Å². The van der Waals surface area contributed by atoms with Crippen molar-refractivity contribution in [2.24, 2.45) is 0 Å². The summed E-state index contributed by atoms with van der Waals surface area (Å²) in [5, 5.41) is 13.3. The molecule has 26 heavy (non-hydrogen) atoms. The van der Waals surface area contributed by atoms with Crippen LogP contribution in [0.3, 0.4) is 0 Å². The van der Waals surface area contributed by atoms with Crippen molar-refractivity contribution >= 4 is 10.8 Å². The van der Waals surface area contributed by atoms with Crippen LogP contribution < -0.4 is 4.74 Å². The molecular weight excluding hydrogens is 347 g/mol. The summed E-state index contributed by atoms with van der Waals surface area (Å²) < 4.78 is 46.7. The predicted octanol–water partition coefficient (Wildman–Crippen LogP) is 4.58. The minimum atomic E-state index is -1.36. The number of hydrogen-bond acceptors (Lipinski definition) is 3. The Kier molecular flexibility index (Phi) is 3.79. The molecule has 3 aromatic carbocycles. The van der Waals surface area contributed by atoms with E-state index >= 15 is 0 Å². The molecule has 7 heteroatoms. The van der Waals surface area contributed by atoms with Crippen LogP contribution in [0.5, 0.6) is 5.75 Å². The van der Waals surface area contributed by atoms with Gasteiger partial charge in [-0.2, -0.15) is 0 Å². The summed E-state index contributed by atoms with van der Waals surface area (Å²) in [6, 6.07) is 10.5. The van der Waals surface area contributed by atoms with Gasteiger partial charge in [-0.1, -0.05) is 30.3 Å². The molecule has 0 aliphatic carbocycles. The number of rotatable bonds is 2. The summed E-state index contributed by atoms with van der Waals surface area (Å²) >= 11 is 0. The van der Waals surface area contributed by atoms with Crippen LogP contribution in [-0.2, 0) is 6.42 Å². The number of nitrogens with zero attached hydrogens (tertiary/aromatic N) is 1. The molecule has 0 spiro atoms. The van der Waals surface area contributed by atoms with Crippen molar-refractivity contribution < 1.29 is 22.8 Å². The monoisotopic (exact) mass is 359 g/mol. The highest BCUT2D eigenvalue weighted by Gasteiger charge is 2.42. The van der Waals surface area contributed by atoms with Crippen molar-refractivity contribution in [3.8, 4) is 5.75 Å². The highest BCUT2D eigenvalue weighted by Crippen LogP contribution is 2.40. The molecule has 3 aromatic rings. The maximum Gasteiger partial charge on any atom is 0.257 e. The average Bonchev–Trinajstić information content (AvgIpc) is 2.63. The standard InChI is InChI=1S/C19H12F3NO3/c20-14-9-16(22)15(21)7-13(14)19-17(23(24)25)8-12-11-4-2-1-3-10(11)5-6-18(12)26-19/h1-7,9,17,19H,8H2. The zero-order valence-electron chi connectivity index (χ0n) is 13.3. The molecule has 0 fully saturated rings. The van der Waals surface area contributed by atoms with Gasteiger partial charge in [-0.25, -0.2) is 13.2 Å². The Bertz CT molecular complexity index is 1040. The molecule has 1 aliphatic heterocycles. The summed E-state index contributed by atoms with van der Waals surface area (Å²) in [5.41, 5.74) is 0.272. The average molecular weight is 359 g/mol. The third kappa shape index (κ3) is 2.56. The summed E-state index contributed by atoms with van der Waals surface area (Å²) in [4.78, 5) is 11.0. The van der Waals surface area contributed by atoms with Crippen molar-refractivity contribution in [1.82, 2.24) is 0 Å². The topological polar surface area (TPSA) is 52.4 Å². The fourth-order valence-electron chi connectivity index (χ4n) is 3.38. The fraction of sp³-hybridized carbons (Fsp3) is 0.158. The van der Waals surface area contributed by atoms with E-state index in [1.165, 1.54) is 0 Å². The van der Waals surface area contributed by atoms with Gasteiger partial charge in [0.1, 0.15) is 11.6 Å². The lowest BCUT2D eigenvalue weighted by atomic mass is 9.90. The Morgan fingerprint density at radius 2 is 1.73 bits per heavy atom. The smallest absolute Gasteiger partial charge is 0.257 e. The molecule has 0 bridgehead atoms. The Morgan fingerprint density at radius 3 is 2.50 bits per heavy atom. The molecule has 0 saturated heterocycles. The van der Waals surface area contributed by atoms with Crippen LogP contribution in [0.25, 0.3) is 10.8 Å². The van der Waals surface area contributed by atoms with Crippen LogP contribution in [0.1, 0.15) is 17.2 Å². The number of ether oxygens (including phenoxy) is 1. The van der Waals surface area contributed by atoms with Gasteiger partial charge in [-0.15, -0.1) is 0 Å². The second-order valence-electron chi connectivity index (χ2n) is 6.15. The fourth-order valence-corrected chi connectivity index (χ4v) is 3.38. The van der Waals surface area contributed by atoms with E-state index in [2.05, 4.69) is 0 Å². The molecular formula is C19H12F3NO3. The van der Waals surface area contributed by atoms with Crippen LogP contribution in [-0.4, -0.2) is 11.0 Å². The lowest BCUT2D eigenvalue weighted by molar-refractivity contribution is -0.535. The zero-order valence-corrected chi connectivity index (χ0v) is 13.3. The van der Waals surface area contributed by atoms with Crippen molar-refractivity contribution in [1.29, 1.82) is 0 Å². The van der Waals surface area contributed by atoms with E-state index < -0.39 is 34.5 Å². The Morgan fingerprint density at radius 1 is 1.00 bits per heavy atom. The largest absolute Gasteiger partial charge is 0.478 e. The van der Waals surface area contributed by atoms with Crippen LogP contribution in [0, 0.1) is 27.6 Å². The quantitative estimate of drug-likeness (QED) is 0.382. The van der Waals surface area contributed by atoms with E-state index in [9.17, 15) is 23.3 Å². The normalized spacial score (nSPS) is 19.0. The maximum absolute atomic E-state index is 14.2. The van der Waals surface area contributed by atoms with E-state index in [4.69, 9.17) is 4.74 Å². The van der Waals surface area contributed by atoms with Crippen molar-refractivity contribution in [3.05, 3.63) is 87.2 Å². The predicted molar refractivity (Wildman–Crippen MR) is 88.1 cm³/mol. The second kappa shape index (κ2) is 6.01. The SMILES string of the molecule is O=[N+]([O-])C1Cc2c(ccc3ccccc23)OC1c1cc(F)c(F)cc1F. The first-order chi connectivity index (χ1) is 12.5. The van der Waals surface area contributed by atoms with Gasteiger partial charge in [-0.05, 0) is 22.9 Å². The summed E-state index contributed by atoms with van der Waals surface area (Å²) in [6.07, 6.45) is -1.36. The van der Waals surface area contributed by atoms with Gasteiger partial charge < -0.3 is 4.74 Å². The molecule has 132 valence electrons. The molecule has 1 heterocycles. The molecule has 1 aliphatic rings. The summed E-state index contributed by atoms with van der Waals surface area (Å²) in [6.45, 7) is 0. The summed E-state index contributed by atoms with van der Waals surface area (Å²) in [7, 11) is 0. The minimum absolute atomic E-state index is 0.00715. The summed E-state index contributed by atoms with van der Waals surface area (Å²) in [5.74, 6) is -3.34. The Balaban J connectivity index is 1.86. The Labute approximate surface area is 146 Å². The van der Waals surface area contributed by atoms with E-state index in [0.29, 0.717) is 23.4 Å². The van der Waals surface area contributed by atoms with Crippen LogP contribution in [0.15, 0.2) is 48.5 Å². The highest BCUT2D eigenvalue weighted by molar-refractivity contribution is 5.88. The molecule has 0 saturated carbocycles. The van der Waals surface area contributed by atoms with Crippen LogP contribution in [0.2, 0.25) is 0 Å². The molecule has 4 rings (SSSR count). The van der Waals surface area contributed by atoms with Crippen molar-refractivity contribution in [2.45, 2.75) is 18.6 Å². The van der Waals surface area contributed by atoms with Gasteiger partial charge in [0.25, 0.3) is 6.04 Å². The minimum Gasteiger partial charge on any atom is -0.478 e. The van der Waals surface area contributed by atoms with E-state index in [-0.39, 0.29) is 12.0 Å². The molecule has 0 aromatic heterocycles. The first-order valence-electron chi connectivity index (χ1n) is 7.91. The number of hydrogen-bond donors (Lipinski definition) is 0. The lowest BCUT2D eigenvalue weighted by Crippen LogP contribution is -2.37. The van der Waals surface area contributed by atoms with Crippen LogP contribution in [0.4, 0.5) is 13.2 Å². The number of nitro groups is 1. The van der Waals surface area contributed by atoms with Gasteiger partial charge in [-0.3, -0.25) is 10.1 Å². The number of halogens is 3. The molecule has 4 nitrogen and oxygen atoms in total. The third-order valence-corrected chi connectivity index (χ3v) is 4.63. The van der Waals surface area contributed by atoms with E-state index in [1.54, 1.807) is 12.1 Å². The molecule has 0 amide bonds. The van der Waals surface area contributed by atoms with E-state index in [1.807, 2.05) is 24.3 Å². The zero-order chi connectivity index (χ0) is 18.4. The van der Waals surface area contributed by atoms with E-state index in [0.717, 1.165) is 10.8 Å².